The highest BCUT2D eigenvalue weighted by molar-refractivity contribution is 5.31. The zero-order valence-corrected chi connectivity index (χ0v) is 10.7. The van der Waals surface area contributed by atoms with Gasteiger partial charge in [-0.2, -0.15) is 5.10 Å². The maximum Gasteiger partial charge on any atom is 0.225 e. The largest absolute Gasteiger partial charge is 0.435 e. The molecule has 0 saturated heterocycles. The molecule has 0 saturated carbocycles. The van der Waals surface area contributed by atoms with Gasteiger partial charge < -0.3 is 9.84 Å². The fourth-order valence-corrected chi connectivity index (χ4v) is 1.57. The van der Waals surface area contributed by atoms with Crippen molar-refractivity contribution in [2.24, 2.45) is 0 Å². The van der Waals surface area contributed by atoms with Gasteiger partial charge in [-0.15, -0.1) is 0 Å². The van der Waals surface area contributed by atoms with E-state index in [-0.39, 0.29) is 6.04 Å². The van der Waals surface area contributed by atoms with Gasteiger partial charge in [0, 0.05) is 17.8 Å². The van der Waals surface area contributed by atoms with Gasteiger partial charge >= 0.3 is 0 Å². The molecule has 0 bridgehead atoms. The summed E-state index contributed by atoms with van der Waals surface area (Å²) in [6.07, 6.45) is 4.47. The van der Waals surface area contributed by atoms with Crippen molar-refractivity contribution in [3.05, 3.63) is 36.3 Å². The van der Waals surface area contributed by atoms with Crippen LogP contribution in [0.1, 0.15) is 38.5 Å². The first-order valence-electron chi connectivity index (χ1n) is 5.93. The second kappa shape index (κ2) is 5.18. The second-order valence-electron chi connectivity index (χ2n) is 4.43. The van der Waals surface area contributed by atoms with E-state index in [1.54, 1.807) is 36.1 Å². The Kier molecular flexibility index (Phi) is 3.62. The summed E-state index contributed by atoms with van der Waals surface area (Å²) in [5.74, 6) is 1.03. The van der Waals surface area contributed by atoms with Gasteiger partial charge in [0.15, 0.2) is 5.75 Å². The fourth-order valence-electron chi connectivity index (χ4n) is 1.57. The van der Waals surface area contributed by atoms with Crippen LogP contribution >= 0.6 is 0 Å². The number of aromatic nitrogens is 3. The van der Waals surface area contributed by atoms with Crippen LogP contribution < -0.4 is 4.74 Å². The smallest absolute Gasteiger partial charge is 0.225 e. The van der Waals surface area contributed by atoms with Gasteiger partial charge in [-0.1, -0.05) is 0 Å². The highest BCUT2D eigenvalue weighted by Gasteiger charge is 2.12. The third kappa shape index (κ3) is 2.68. The van der Waals surface area contributed by atoms with E-state index in [0.29, 0.717) is 17.2 Å². The Morgan fingerprint density at radius 1 is 1.33 bits per heavy atom. The average molecular weight is 247 g/mol. The molecule has 0 aliphatic rings. The highest BCUT2D eigenvalue weighted by atomic mass is 16.5. The number of hydrogen-bond acceptors (Lipinski definition) is 4. The molecule has 2 aromatic rings. The van der Waals surface area contributed by atoms with Crippen LogP contribution in [0, 0.1) is 0 Å². The normalized spacial score (nSPS) is 12.7. The average Bonchev–Trinajstić information content (AvgIpc) is 2.78. The molecule has 2 aromatic heterocycles. The fraction of sp³-hybridized carbons (Fsp3) is 0.385. The van der Waals surface area contributed by atoms with Crippen LogP contribution in [-0.2, 0) is 0 Å². The van der Waals surface area contributed by atoms with Crippen molar-refractivity contribution in [1.29, 1.82) is 0 Å². The van der Waals surface area contributed by atoms with Gasteiger partial charge in [0.2, 0.25) is 5.88 Å². The van der Waals surface area contributed by atoms with Crippen LogP contribution in [0.15, 0.2) is 30.7 Å². The van der Waals surface area contributed by atoms with E-state index in [1.807, 2.05) is 20.0 Å². The van der Waals surface area contributed by atoms with Gasteiger partial charge in [-0.3, -0.25) is 4.68 Å². The van der Waals surface area contributed by atoms with Crippen molar-refractivity contribution in [2.45, 2.75) is 32.9 Å². The first-order chi connectivity index (χ1) is 8.58. The molecule has 0 amide bonds. The monoisotopic (exact) mass is 247 g/mol. The van der Waals surface area contributed by atoms with E-state index in [0.717, 1.165) is 0 Å². The van der Waals surface area contributed by atoms with Crippen molar-refractivity contribution in [1.82, 2.24) is 14.8 Å². The molecular weight excluding hydrogens is 230 g/mol. The van der Waals surface area contributed by atoms with Crippen molar-refractivity contribution in [3.8, 4) is 11.6 Å². The Labute approximate surface area is 106 Å². The zero-order chi connectivity index (χ0) is 13.1. The molecule has 0 radical (unpaired) electrons. The highest BCUT2D eigenvalue weighted by Crippen LogP contribution is 2.27. The molecule has 2 heterocycles. The lowest BCUT2D eigenvalue weighted by Crippen LogP contribution is -2.00. The van der Waals surface area contributed by atoms with E-state index in [9.17, 15) is 5.11 Å². The number of rotatable bonds is 4. The van der Waals surface area contributed by atoms with E-state index in [2.05, 4.69) is 10.1 Å². The molecule has 2 rings (SSSR count). The Balaban J connectivity index is 2.23. The van der Waals surface area contributed by atoms with E-state index < -0.39 is 6.10 Å². The van der Waals surface area contributed by atoms with E-state index in [4.69, 9.17) is 4.74 Å². The predicted molar refractivity (Wildman–Crippen MR) is 67.6 cm³/mol. The van der Waals surface area contributed by atoms with Crippen LogP contribution in [0.5, 0.6) is 11.6 Å². The predicted octanol–water partition coefficient (Wildman–Crippen LogP) is 2.70. The quantitative estimate of drug-likeness (QED) is 0.902. The molecule has 18 heavy (non-hydrogen) atoms. The van der Waals surface area contributed by atoms with Crippen LogP contribution in [0.2, 0.25) is 0 Å². The third-order valence-electron chi connectivity index (χ3n) is 2.57. The molecule has 0 spiro atoms. The Morgan fingerprint density at radius 3 is 2.72 bits per heavy atom. The lowest BCUT2D eigenvalue weighted by atomic mass is 10.2. The van der Waals surface area contributed by atoms with Crippen molar-refractivity contribution < 1.29 is 9.84 Å². The van der Waals surface area contributed by atoms with Crippen LogP contribution in [0.25, 0.3) is 0 Å². The minimum absolute atomic E-state index is 0.280. The lowest BCUT2D eigenvalue weighted by molar-refractivity contribution is 0.194. The molecular formula is C13H17N3O2. The summed E-state index contributed by atoms with van der Waals surface area (Å²) < 4.78 is 7.45. The van der Waals surface area contributed by atoms with Crippen LogP contribution in [0.3, 0.4) is 0 Å². The van der Waals surface area contributed by atoms with Gasteiger partial charge in [-0.05, 0) is 32.9 Å². The van der Waals surface area contributed by atoms with Crippen LogP contribution in [0.4, 0.5) is 0 Å². The molecule has 0 aliphatic heterocycles. The number of ether oxygens (including phenoxy) is 1. The first-order valence-corrected chi connectivity index (χ1v) is 5.93. The molecule has 1 N–H and O–H groups in total. The molecule has 0 fully saturated rings. The van der Waals surface area contributed by atoms with Gasteiger partial charge in [0.05, 0.1) is 18.5 Å². The van der Waals surface area contributed by atoms with Crippen molar-refractivity contribution in [2.75, 3.05) is 0 Å². The number of hydrogen-bond donors (Lipinski definition) is 1. The first kappa shape index (κ1) is 12.6. The Morgan fingerprint density at radius 2 is 2.11 bits per heavy atom. The van der Waals surface area contributed by atoms with Crippen molar-refractivity contribution >= 4 is 0 Å². The summed E-state index contributed by atoms with van der Waals surface area (Å²) in [6.45, 7) is 5.76. The summed E-state index contributed by atoms with van der Waals surface area (Å²) in [7, 11) is 0. The van der Waals surface area contributed by atoms with Crippen LogP contribution in [-0.4, -0.2) is 19.9 Å². The molecule has 0 aliphatic carbocycles. The zero-order valence-electron chi connectivity index (χ0n) is 10.7. The molecule has 0 aromatic carbocycles. The standard InChI is InChI=1S/C13H17N3O2/c1-9(2)16-8-11(7-15-16)18-13-12(10(3)17)5-4-6-14-13/h4-10,17H,1-3H3/t10-/m1/s1. The second-order valence-corrected chi connectivity index (χ2v) is 4.43. The molecule has 5 nitrogen and oxygen atoms in total. The molecule has 96 valence electrons. The SMILES string of the molecule is CC(C)n1cc(Oc2ncccc2[C@@H](C)O)cn1. The lowest BCUT2D eigenvalue weighted by Gasteiger charge is -2.10. The molecule has 0 unspecified atom stereocenters. The van der Waals surface area contributed by atoms with Gasteiger partial charge in [0.1, 0.15) is 0 Å². The molecule has 5 heteroatoms. The minimum atomic E-state index is -0.617. The van der Waals surface area contributed by atoms with Gasteiger partial charge in [0.25, 0.3) is 0 Å². The summed E-state index contributed by atoms with van der Waals surface area (Å²) in [6, 6.07) is 3.84. The van der Waals surface area contributed by atoms with E-state index in [1.165, 1.54) is 0 Å². The van der Waals surface area contributed by atoms with E-state index >= 15 is 0 Å². The summed E-state index contributed by atoms with van der Waals surface area (Å²) >= 11 is 0. The number of aliphatic hydroxyl groups is 1. The number of aliphatic hydroxyl groups excluding tert-OH is 1. The number of nitrogens with zero attached hydrogens (tertiary/aromatic N) is 3. The third-order valence-corrected chi connectivity index (χ3v) is 2.57. The Bertz CT molecular complexity index is 520. The maximum atomic E-state index is 9.64. The summed E-state index contributed by atoms with van der Waals surface area (Å²) in [5.41, 5.74) is 0.662. The minimum Gasteiger partial charge on any atom is -0.435 e. The summed E-state index contributed by atoms with van der Waals surface area (Å²) in [4.78, 5) is 4.13. The maximum absolute atomic E-state index is 9.64. The van der Waals surface area contributed by atoms with Crippen molar-refractivity contribution in [3.63, 3.8) is 0 Å². The molecule has 1 atom stereocenters. The topological polar surface area (TPSA) is 60.2 Å². The summed E-state index contributed by atoms with van der Waals surface area (Å²) in [5, 5.41) is 13.8. The van der Waals surface area contributed by atoms with Gasteiger partial charge in [-0.25, -0.2) is 4.98 Å². The Hall–Kier alpha value is -1.88. The number of pyridine rings is 1.